The van der Waals surface area contributed by atoms with E-state index in [4.69, 9.17) is 21.1 Å². The Morgan fingerprint density at radius 3 is 2.14 bits per heavy atom. The van der Waals surface area contributed by atoms with Gasteiger partial charge < -0.3 is 19.3 Å². The molecule has 5 rings (SSSR count). The van der Waals surface area contributed by atoms with Crippen LogP contribution in [0.5, 0.6) is 11.5 Å². The van der Waals surface area contributed by atoms with Crippen molar-refractivity contribution in [3.8, 4) is 11.5 Å². The maximum absolute atomic E-state index is 13.4. The lowest BCUT2D eigenvalue weighted by Gasteiger charge is -2.15. The van der Waals surface area contributed by atoms with Gasteiger partial charge in [-0.15, -0.1) is 0 Å². The third-order valence-electron chi connectivity index (χ3n) is 6.84. The van der Waals surface area contributed by atoms with Crippen molar-refractivity contribution in [3.63, 3.8) is 0 Å². The van der Waals surface area contributed by atoms with E-state index in [1.54, 1.807) is 60.7 Å². The lowest BCUT2D eigenvalue weighted by molar-refractivity contribution is 0.306. The molecule has 1 heterocycles. The van der Waals surface area contributed by atoms with Crippen molar-refractivity contribution in [3.05, 3.63) is 113 Å². The van der Waals surface area contributed by atoms with Gasteiger partial charge in [0, 0.05) is 23.2 Å². The minimum atomic E-state index is -4.27. The number of methoxy groups -OCH3 is 1. The second-order valence-corrected chi connectivity index (χ2v) is 13.9. The summed E-state index contributed by atoms with van der Waals surface area (Å²) in [5, 5.41) is 4.04. The van der Waals surface area contributed by atoms with E-state index in [1.165, 1.54) is 25.2 Å². The van der Waals surface area contributed by atoms with Crippen LogP contribution >= 0.6 is 11.6 Å². The number of hydrogen-bond donors (Lipinski definition) is 1. The van der Waals surface area contributed by atoms with Gasteiger partial charge in [-0.3, -0.25) is 0 Å². The molecule has 0 bridgehead atoms. The van der Waals surface area contributed by atoms with Crippen LogP contribution in [0.3, 0.4) is 0 Å². The number of nitrogens with one attached hydrogen (secondary N) is 1. The van der Waals surface area contributed by atoms with E-state index in [1.807, 2.05) is 19.1 Å². The van der Waals surface area contributed by atoms with E-state index in [0.717, 1.165) is 41.8 Å². The number of anilines is 1. The Labute approximate surface area is 258 Å². The molecule has 0 aromatic heterocycles. The normalized spacial score (nSPS) is 13.1. The molecular weight excluding hydrogens is 610 g/mol. The molecule has 1 aliphatic rings. The van der Waals surface area contributed by atoms with Crippen LogP contribution in [-0.2, 0) is 33.0 Å². The zero-order valence-corrected chi connectivity index (χ0v) is 26.4. The first-order valence-corrected chi connectivity index (χ1v) is 16.6. The van der Waals surface area contributed by atoms with Crippen LogP contribution in [0.25, 0.3) is 0 Å². The molecule has 0 amide bonds. The lowest BCUT2D eigenvalue weighted by Crippen LogP contribution is -2.08. The quantitative estimate of drug-likeness (QED) is 0.177. The third-order valence-corrected chi connectivity index (χ3v) is 9.74. The summed E-state index contributed by atoms with van der Waals surface area (Å²) in [4.78, 5) is 0.192. The molecule has 4 aromatic rings. The second kappa shape index (κ2) is 13.7. The number of rotatable bonds is 7. The van der Waals surface area contributed by atoms with Crippen molar-refractivity contribution < 1.29 is 30.9 Å². The topological polar surface area (TPSA) is 122 Å². The number of halogens is 1. The SMILES string of the molecule is COc1cc2c(cc1S(=O)(=O)c1ccc(OCc3ccc(Cl)cc3)cc1)CC[C+](C)CN2.Cc1ccc(S(=O)(=O)[O-])cc1. The molecule has 0 radical (unpaired) electrons. The van der Waals surface area contributed by atoms with Gasteiger partial charge in [-0.1, -0.05) is 41.4 Å². The number of fused-ring (bicyclic) bond motifs is 1. The summed E-state index contributed by atoms with van der Waals surface area (Å²) in [5.41, 5.74) is 3.80. The van der Waals surface area contributed by atoms with Gasteiger partial charge in [-0.25, -0.2) is 16.8 Å². The predicted molar refractivity (Wildman–Crippen MR) is 166 cm³/mol. The molecule has 0 spiro atoms. The van der Waals surface area contributed by atoms with Crippen molar-refractivity contribution in [2.75, 3.05) is 19.0 Å². The Morgan fingerprint density at radius 2 is 1.53 bits per heavy atom. The lowest BCUT2D eigenvalue weighted by atomic mass is 10.0. The molecule has 1 aliphatic heterocycles. The highest BCUT2D eigenvalue weighted by atomic mass is 35.5. The monoisotopic (exact) mass is 641 g/mol. The van der Waals surface area contributed by atoms with Gasteiger partial charge in [0.2, 0.25) is 9.84 Å². The van der Waals surface area contributed by atoms with Crippen LogP contribution in [0, 0.1) is 12.8 Å². The zero-order chi connectivity index (χ0) is 31.2. The number of sulfone groups is 1. The van der Waals surface area contributed by atoms with E-state index in [-0.39, 0.29) is 14.7 Å². The summed E-state index contributed by atoms with van der Waals surface area (Å²) < 4.78 is 69.2. The summed E-state index contributed by atoms with van der Waals surface area (Å²) in [7, 11) is -6.54. The van der Waals surface area contributed by atoms with Gasteiger partial charge in [0.25, 0.3) is 0 Å². The van der Waals surface area contributed by atoms with Crippen molar-refractivity contribution in [2.24, 2.45) is 0 Å². The largest absolute Gasteiger partial charge is 0.744 e. The summed E-state index contributed by atoms with van der Waals surface area (Å²) in [6.45, 7) is 5.07. The van der Waals surface area contributed by atoms with Gasteiger partial charge in [-0.2, -0.15) is 0 Å². The van der Waals surface area contributed by atoms with Gasteiger partial charge in [0.15, 0.2) is 6.54 Å². The van der Waals surface area contributed by atoms with Crippen LogP contribution in [0.4, 0.5) is 5.69 Å². The summed E-state index contributed by atoms with van der Waals surface area (Å²) in [6, 6.07) is 23.1. The number of ether oxygens (including phenoxy) is 2. The Hall–Kier alpha value is -3.70. The van der Waals surface area contributed by atoms with E-state index >= 15 is 0 Å². The van der Waals surface area contributed by atoms with Crippen LogP contribution in [0.15, 0.2) is 99.6 Å². The number of aryl methyl sites for hydroxylation is 2. The van der Waals surface area contributed by atoms with E-state index in [0.29, 0.717) is 23.1 Å². The third kappa shape index (κ3) is 8.45. The first-order valence-electron chi connectivity index (χ1n) is 13.4. The molecular formula is C32H32ClNO7S2. The summed E-state index contributed by atoms with van der Waals surface area (Å²) in [6.07, 6.45) is 1.71. The Kier molecular flexibility index (Phi) is 10.3. The number of hydrogen-bond acceptors (Lipinski definition) is 8. The number of benzene rings is 4. The Balaban J connectivity index is 0.000000324. The Morgan fingerprint density at radius 1 is 0.907 bits per heavy atom. The fourth-order valence-corrected chi connectivity index (χ4v) is 6.37. The highest BCUT2D eigenvalue weighted by molar-refractivity contribution is 7.91. The van der Waals surface area contributed by atoms with Gasteiger partial charge in [0.05, 0.1) is 30.2 Å². The molecule has 0 unspecified atom stereocenters. The predicted octanol–water partition coefficient (Wildman–Crippen LogP) is 6.61. The van der Waals surface area contributed by atoms with Gasteiger partial charge in [-0.05, 0) is 72.6 Å². The van der Waals surface area contributed by atoms with Crippen molar-refractivity contribution >= 4 is 37.2 Å². The standard InChI is InChI=1S/C25H25ClNO4S.C7H8O3S/c1-17-3-6-19-13-25(24(30-2)14-23(19)27-15-17)32(28,29)22-11-9-21(10-12-22)31-16-18-4-7-20(26)8-5-18;1-6-2-4-7(5-3-6)11(8,9)10/h4-5,7-14,27H,3,6,15-16H2,1-2H3;2-5H,1H3,(H,8,9,10)/q+1;/p-1. The summed E-state index contributed by atoms with van der Waals surface area (Å²) in [5.74, 6) is 2.25. The fraction of sp³-hybridized carbons (Fsp3) is 0.219. The Bertz CT molecular complexity index is 1760. The van der Waals surface area contributed by atoms with Crippen molar-refractivity contribution in [1.82, 2.24) is 0 Å². The zero-order valence-electron chi connectivity index (χ0n) is 24.0. The highest BCUT2D eigenvalue weighted by Crippen LogP contribution is 2.37. The maximum Gasteiger partial charge on any atom is 0.210 e. The molecule has 0 aliphatic carbocycles. The molecule has 0 saturated heterocycles. The molecule has 43 heavy (non-hydrogen) atoms. The summed E-state index contributed by atoms with van der Waals surface area (Å²) >= 11 is 5.90. The van der Waals surface area contributed by atoms with E-state index < -0.39 is 20.0 Å². The first-order chi connectivity index (χ1) is 20.4. The fourth-order valence-electron chi connectivity index (χ4n) is 4.32. The molecule has 0 fully saturated rings. The minimum absolute atomic E-state index is 0.176. The second-order valence-electron chi connectivity index (χ2n) is 10.1. The van der Waals surface area contributed by atoms with Crippen LogP contribution in [0.2, 0.25) is 5.02 Å². The van der Waals surface area contributed by atoms with Crippen LogP contribution in [-0.4, -0.2) is 35.0 Å². The minimum Gasteiger partial charge on any atom is -0.744 e. The average Bonchev–Trinajstić information content (AvgIpc) is 3.17. The highest BCUT2D eigenvalue weighted by Gasteiger charge is 2.27. The molecule has 226 valence electrons. The first kappa shape index (κ1) is 32.2. The van der Waals surface area contributed by atoms with Crippen molar-refractivity contribution in [1.29, 1.82) is 0 Å². The van der Waals surface area contributed by atoms with Gasteiger partial charge >= 0.3 is 0 Å². The van der Waals surface area contributed by atoms with Gasteiger partial charge in [0.1, 0.15) is 39.0 Å². The molecule has 0 atom stereocenters. The molecule has 11 heteroatoms. The molecule has 8 nitrogen and oxygen atoms in total. The molecule has 0 saturated carbocycles. The molecule has 4 aromatic carbocycles. The molecule has 1 N–H and O–H groups in total. The van der Waals surface area contributed by atoms with Crippen LogP contribution < -0.4 is 14.8 Å². The maximum atomic E-state index is 13.4. The smallest absolute Gasteiger partial charge is 0.210 e. The van der Waals surface area contributed by atoms with E-state index in [9.17, 15) is 21.4 Å². The van der Waals surface area contributed by atoms with Crippen LogP contribution in [0.1, 0.15) is 30.0 Å². The van der Waals surface area contributed by atoms with E-state index in [2.05, 4.69) is 12.2 Å². The van der Waals surface area contributed by atoms with Crippen molar-refractivity contribution in [2.45, 2.75) is 48.0 Å². The average molecular weight is 642 g/mol.